The highest BCUT2D eigenvalue weighted by Crippen LogP contribution is 2.35. The highest BCUT2D eigenvalue weighted by molar-refractivity contribution is 6.37. The van der Waals surface area contributed by atoms with Gasteiger partial charge in [-0.05, 0) is 49.0 Å². The van der Waals surface area contributed by atoms with Gasteiger partial charge in [-0.25, -0.2) is 0 Å². The van der Waals surface area contributed by atoms with E-state index in [4.69, 9.17) is 27.9 Å². The molecule has 0 aliphatic heterocycles. The summed E-state index contributed by atoms with van der Waals surface area (Å²) in [5.74, 6) is 0.833. The van der Waals surface area contributed by atoms with E-state index >= 15 is 0 Å². The van der Waals surface area contributed by atoms with Crippen molar-refractivity contribution in [2.24, 2.45) is 5.73 Å². The topological polar surface area (TPSA) is 64.3 Å². The molecular formula is C19H24Cl2N2O2. The smallest absolute Gasteiger partial charge is 0.211 e. The second-order valence-corrected chi connectivity index (χ2v) is 5.24. The molecule has 0 aliphatic carbocycles. The highest BCUT2D eigenvalue weighted by Gasteiger charge is 2.10. The number of hydrogen-bond acceptors (Lipinski definition) is 3. The number of nitrogens with one attached hydrogen (secondary N) is 1. The molecule has 0 bridgehead atoms. The Balaban J connectivity index is 0.000000710. The second-order valence-electron chi connectivity index (χ2n) is 4.46. The zero-order chi connectivity index (χ0) is 19.2. The first kappa shape index (κ1) is 23.0. The number of ether oxygens (including phenoxy) is 1. The fourth-order valence-corrected chi connectivity index (χ4v) is 2.71. The average Bonchev–Trinajstić information content (AvgIpc) is 2.65. The molecule has 0 unspecified atom stereocenters. The molecule has 2 rings (SSSR count). The molecule has 1 amide bonds. The van der Waals surface area contributed by atoms with E-state index in [0.717, 1.165) is 38.9 Å². The zero-order valence-corrected chi connectivity index (χ0v) is 16.2. The molecule has 2 aromatic rings. The fourth-order valence-electron chi connectivity index (χ4n) is 1.96. The first-order valence-electron chi connectivity index (χ1n) is 7.58. The number of halogens is 2. The number of carbonyl (C=O) groups is 1. The van der Waals surface area contributed by atoms with Crippen molar-refractivity contribution in [3.05, 3.63) is 64.8 Å². The molecule has 25 heavy (non-hydrogen) atoms. The van der Waals surface area contributed by atoms with Crippen LogP contribution < -0.4 is 15.8 Å². The Labute approximate surface area is 159 Å². The summed E-state index contributed by atoms with van der Waals surface area (Å²) in [7, 11) is 3.15. The molecular weight excluding hydrogens is 359 g/mol. The van der Waals surface area contributed by atoms with Gasteiger partial charge in [0.15, 0.2) is 0 Å². The molecule has 0 saturated carbocycles. The summed E-state index contributed by atoms with van der Waals surface area (Å²) in [5, 5.41) is 3.65. The predicted octanol–water partition coefficient (Wildman–Crippen LogP) is 4.68. The van der Waals surface area contributed by atoms with Crippen LogP contribution in [0, 0.1) is 0 Å². The van der Waals surface area contributed by atoms with Crippen molar-refractivity contribution in [1.29, 1.82) is 0 Å². The van der Waals surface area contributed by atoms with Crippen LogP contribution in [0.2, 0.25) is 10.0 Å². The highest BCUT2D eigenvalue weighted by atomic mass is 35.5. The Bertz CT molecular complexity index is 653. The van der Waals surface area contributed by atoms with Crippen molar-refractivity contribution in [1.82, 2.24) is 5.32 Å². The number of hydrogen-bond donors (Lipinski definition) is 2. The Morgan fingerprint density at radius 2 is 1.76 bits per heavy atom. The summed E-state index contributed by atoms with van der Waals surface area (Å²) in [5.41, 5.74) is 7.55. The van der Waals surface area contributed by atoms with E-state index in [0.29, 0.717) is 6.41 Å². The molecule has 0 aliphatic rings. The number of amides is 1. The van der Waals surface area contributed by atoms with Crippen LogP contribution in [0.5, 0.6) is 5.75 Å². The number of nitrogens with two attached hydrogens (primary N) is 1. The Kier molecular flexibility index (Phi) is 12.2. The largest absolute Gasteiger partial charge is 0.497 e. The van der Waals surface area contributed by atoms with Gasteiger partial charge >= 0.3 is 0 Å². The van der Waals surface area contributed by atoms with Crippen LogP contribution >= 0.6 is 23.2 Å². The van der Waals surface area contributed by atoms with Gasteiger partial charge in [0.2, 0.25) is 6.41 Å². The average molecular weight is 383 g/mol. The molecule has 0 saturated heterocycles. The Hall–Kier alpha value is -2.01. The van der Waals surface area contributed by atoms with Gasteiger partial charge in [0.05, 0.1) is 12.1 Å². The fraction of sp³-hybridized carbons (Fsp3) is 0.211. The van der Waals surface area contributed by atoms with Crippen molar-refractivity contribution in [2.45, 2.75) is 13.3 Å². The van der Waals surface area contributed by atoms with Crippen LogP contribution in [0.4, 0.5) is 0 Å². The summed E-state index contributed by atoms with van der Waals surface area (Å²) >= 11 is 12.5. The third-order valence-corrected chi connectivity index (χ3v) is 3.91. The van der Waals surface area contributed by atoms with Gasteiger partial charge in [0, 0.05) is 10.6 Å². The van der Waals surface area contributed by atoms with E-state index in [9.17, 15) is 4.79 Å². The quantitative estimate of drug-likeness (QED) is 0.737. The first-order valence-corrected chi connectivity index (χ1v) is 8.34. The van der Waals surface area contributed by atoms with E-state index in [1.165, 1.54) is 13.2 Å². The van der Waals surface area contributed by atoms with E-state index in [-0.39, 0.29) is 0 Å². The van der Waals surface area contributed by atoms with Crippen LogP contribution in [-0.2, 0) is 11.2 Å². The lowest BCUT2D eigenvalue weighted by Crippen LogP contribution is -1.96. The molecule has 0 fully saturated rings. The molecule has 0 radical (unpaired) electrons. The lowest BCUT2D eigenvalue weighted by molar-refractivity contribution is -0.108. The number of methoxy groups -OCH3 is 1. The maximum absolute atomic E-state index is 9.22. The molecule has 0 spiro atoms. The minimum Gasteiger partial charge on any atom is -0.497 e. The minimum atomic E-state index is 0.562. The number of benzene rings is 2. The van der Waals surface area contributed by atoms with E-state index in [1.54, 1.807) is 7.11 Å². The maximum Gasteiger partial charge on any atom is 0.211 e. The summed E-state index contributed by atoms with van der Waals surface area (Å²) in [6.45, 7) is 5.25. The van der Waals surface area contributed by atoms with Crippen LogP contribution in [0.1, 0.15) is 12.5 Å². The van der Waals surface area contributed by atoms with Gasteiger partial charge < -0.3 is 15.8 Å². The maximum atomic E-state index is 9.22. The number of rotatable bonds is 5. The monoisotopic (exact) mass is 382 g/mol. The van der Waals surface area contributed by atoms with Gasteiger partial charge in [0.1, 0.15) is 5.75 Å². The molecule has 6 heteroatoms. The summed E-state index contributed by atoms with van der Waals surface area (Å²) in [6, 6.07) is 11.7. The molecule has 3 N–H and O–H groups in total. The molecule has 2 aromatic carbocycles. The Morgan fingerprint density at radius 3 is 2.16 bits per heavy atom. The van der Waals surface area contributed by atoms with Crippen molar-refractivity contribution in [3.63, 3.8) is 0 Å². The van der Waals surface area contributed by atoms with Crippen LogP contribution in [0.15, 0.2) is 49.2 Å². The summed E-state index contributed by atoms with van der Waals surface area (Å²) < 4.78 is 5.15. The van der Waals surface area contributed by atoms with Gasteiger partial charge in [-0.3, -0.25) is 4.79 Å². The van der Waals surface area contributed by atoms with Gasteiger partial charge in [-0.15, -0.1) is 0 Å². The van der Waals surface area contributed by atoms with Crippen LogP contribution in [-0.4, -0.2) is 20.6 Å². The third-order valence-electron chi connectivity index (χ3n) is 3.13. The molecule has 136 valence electrons. The number of carbonyl (C=O) groups excluding carboxylic acids is 1. The minimum absolute atomic E-state index is 0.562. The van der Waals surface area contributed by atoms with Crippen LogP contribution in [0.25, 0.3) is 11.1 Å². The van der Waals surface area contributed by atoms with Crippen molar-refractivity contribution >= 4 is 29.6 Å². The third kappa shape index (κ3) is 7.18. The lowest BCUT2D eigenvalue weighted by atomic mass is 10.0. The second kappa shape index (κ2) is 13.3. The van der Waals surface area contributed by atoms with Crippen molar-refractivity contribution < 1.29 is 9.53 Å². The van der Waals surface area contributed by atoms with Crippen LogP contribution in [0.3, 0.4) is 0 Å². The molecule has 0 atom stereocenters. The van der Waals surface area contributed by atoms with Crippen molar-refractivity contribution in [2.75, 3.05) is 14.2 Å². The predicted molar refractivity (Wildman–Crippen MR) is 107 cm³/mol. The lowest BCUT2D eigenvalue weighted by Gasteiger charge is -2.11. The Morgan fingerprint density at radius 1 is 1.16 bits per heavy atom. The summed E-state index contributed by atoms with van der Waals surface area (Å²) in [4.78, 5) is 9.22. The van der Waals surface area contributed by atoms with Gasteiger partial charge in [-0.1, -0.05) is 54.9 Å². The van der Waals surface area contributed by atoms with Gasteiger partial charge in [0.25, 0.3) is 0 Å². The molecule has 0 aromatic heterocycles. The summed E-state index contributed by atoms with van der Waals surface area (Å²) in [6.07, 6.45) is 2.70. The van der Waals surface area contributed by atoms with Gasteiger partial charge in [-0.2, -0.15) is 0 Å². The normalized spacial score (nSPS) is 8.88. The van der Waals surface area contributed by atoms with E-state index in [2.05, 4.69) is 17.6 Å². The van der Waals surface area contributed by atoms with Crippen molar-refractivity contribution in [3.8, 4) is 16.9 Å². The zero-order valence-electron chi connectivity index (χ0n) is 14.7. The standard InChI is InChI=1S/C15H14Cl2O.C3H5NO.CH5N/c1-3-12-14(16)9-8-13(15(12)17)10-4-6-11(18-2)7-5-10;1-2-4-3-5;1-2/h4-9H,3H2,1-2H3;2-3H,1H2,(H,4,5);2H2,1H3. The molecule has 0 heterocycles. The van der Waals surface area contributed by atoms with E-state index in [1.807, 2.05) is 43.3 Å². The first-order chi connectivity index (χ1) is 12.1. The van der Waals surface area contributed by atoms with E-state index < -0.39 is 0 Å². The SMILES string of the molecule is C=CNC=O.CCc1c(Cl)ccc(-c2ccc(OC)cc2)c1Cl.CN. The molecule has 4 nitrogen and oxygen atoms in total.